The Kier molecular flexibility index (Phi) is 3.50. The topological polar surface area (TPSA) is 27.7 Å². The van der Waals surface area contributed by atoms with E-state index in [-0.39, 0.29) is 0 Å². The van der Waals surface area contributed by atoms with Crippen LogP contribution in [0.4, 0.5) is 0 Å². The van der Waals surface area contributed by atoms with Gasteiger partial charge in [0.25, 0.3) is 0 Å². The number of rotatable bonds is 4. The summed E-state index contributed by atoms with van der Waals surface area (Å²) < 4.78 is 16.1. The second kappa shape index (κ2) is 5.25. The van der Waals surface area contributed by atoms with Gasteiger partial charge in [-0.2, -0.15) is 0 Å². The molecule has 2 rings (SSSR count). The van der Waals surface area contributed by atoms with Crippen LogP contribution in [0.15, 0.2) is 48.5 Å². The van der Waals surface area contributed by atoms with Gasteiger partial charge in [0.1, 0.15) is 23.0 Å². The molecule has 0 aliphatic heterocycles. The predicted octanol–water partition coefficient (Wildman–Crippen LogP) is 3.50. The molecule has 0 N–H and O–H groups in total. The average Bonchev–Trinajstić information content (AvgIpc) is 2.39. The molecule has 2 aromatic rings. The van der Waals surface area contributed by atoms with Crippen LogP contribution in [0.3, 0.4) is 0 Å². The quantitative estimate of drug-likeness (QED) is 0.804. The largest absolute Gasteiger partial charge is 0.496 e. The monoisotopic (exact) mass is 230 g/mol. The Hall–Kier alpha value is -2.16. The number of para-hydroxylation sites is 1. The molecule has 3 heteroatoms. The van der Waals surface area contributed by atoms with Crippen molar-refractivity contribution < 1.29 is 14.2 Å². The fourth-order valence-corrected chi connectivity index (χ4v) is 1.46. The molecule has 0 atom stereocenters. The third-order valence-electron chi connectivity index (χ3n) is 2.30. The minimum atomic E-state index is 0.687. The molecule has 0 amide bonds. The Morgan fingerprint density at radius 1 is 0.647 bits per heavy atom. The number of hydrogen-bond donors (Lipinski definition) is 0. The van der Waals surface area contributed by atoms with Gasteiger partial charge in [-0.15, -0.1) is 0 Å². The maximum absolute atomic E-state index is 5.70. The second-order valence-electron chi connectivity index (χ2n) is 3.46. The normalized spacial score (nSPS) is 9.76. The minimum absolute atomic E-state index is 0.687. The zero-order valence-corrected chi connectivity index (χ0v) is 9.84. The molecule has 3 nitrogen and oxygen atoms in total. The number of ether oxygens (including phenoxy) is 3. The summed E-state index contributed by atoms with van der Waals surface area (Å²) in [7, 11) is 3.22. The van der Waals surface area contributed by atoms with Crippen LogP contribution in [0.2, 0.25) is 0 Å². The molecular formula is C14H14O3. The fourth-order valence-electron chi connectivity index (χ4n) is 1.46. The van der Waals surface area contributed by atoms with Crippen molar-refractivity contribution in [3.05, 3.63) is 48.5 Å². The smallest absolute Gasteiger partial charge is 0.134 e. The highest BCUT2D eigenvalue weighted by Crippen LogP contribution is 2.30. The van der Waals surface area contributed by atoms with Crippen molar-refractivity contribution in [1.29, 1.82) is 0 Å². The van der Waals surface area contributed by atoms with E-state index in [0.717, 1.165) is 5.75 Å². The molecule has 0 aliphatic rings. The lowest BCUT2D eigenvalue weighted by atomic mass is 10.3. The van der Waals surface area contributed by atoms with Crippen molar-refractivity contribution in [2.75, 3.05) is 14.2 Å². The number of benzene rings is 2. The van der Waals surface area contributed by atoms with Crippen molar-refractivity contribution in [2.45, 2.75) is 0 Å². The molecule has 0 aliphatic carbocycles. The molecule has 0 heterocycles. The molecule has 17 heavy (non-hydrogen) atoms. The van der Waals surface area contributed by atoms with Crippen LogP contribution >= 0.6 is 0 Å². The van der Waals surface area contributed by atoms with E-state index < -0.39 is 0 Å². The fraction of sp³-hybridized carbons (Fsp3) is 0.143. The van der Waals surface area contributed by atoms with Crippen LogP contribution < -0.4 is 14.2 Å². The molecule has 88 valence electrons. The van der Waals surface area contributed by atoms with Gasteiger partial charge in [-0.25, -0.2) is 0 Å². The Morgan fingerprint density at radius 2 is 1.18 bits per heavy atom. The van der Waals surface area contributed by atoms with Gasteiger partial charge >= 0.3 is 0 Å². The van der Waals surface area contributed by atoms with Gasteiger partial charge < -0.3 is 14.2 Å². The average molecular weight is 230 g/mol. The molecule has 0 bridgehead atoms. The van der Waals surface area contributed by atoms with Crippen LogP contribution in [0, 0.1) is 0 Å². The summed E-state index contributed by atoms with van der Waals surface area (Å²) >= 11 is 0. The summed E-state index contributed by atoms with van der Waals surface area (Å²) in [5, 5.41) is 0. The Bertz CT molecular complexity index is 458. The number of hydrogen-bond acceptors (Lipinski definition) is 3. The van der Waals surface area contributed by atoms with E-state index >= 15 is 0 Å². The summed E-state index contributed by atoms with van der Waals surface area (Å²) in [4.78, 5) is 0. The highest BCUT2D eigenvalue weighted by Gasteiger charge is 2.03. The van der Waals surface area contributed by atoms with Crippen LogP contribution in [0.5, 0.6) is 23.0 Å². The minimum Gasteiger partial charge on any atom is -0.496 e. The van der Waals surface area contributed by atoms with E-state index in [1.54, 1.807) is 20.3 Å². The van der Waals surface area contributed by atoms with Gasteiger partial charge in [-0.05, 0) is 12.1 Å². The zero-order valence-electron chi connectivity index (χ0n) is 9.84. The van der Waals surface area contributed by atoms with E-state index in [4.69, 9.17) is 14.2 Å². The predicted molar refractivity (Wildman–Crippen MR) is 66.1 cm³/mol. The maximum Gasteiger partial charge on any atom is 0.134 e. The van der Waals surface area contributed by atoms with Crippen molar-refractivity contribution in [2.24, 2.45) is 0 Å². The molecule has 0 unspecified atom stereocenters. The number of methoxy groups -OCH3 is 2. The standard InChI is InChI=1S/C14H14O3/c1-15-12-8-13(16-2)10-14(9-12)17-11-6-4-3-5-7-11/h3-10H,1-2H3. The van der Waals surface area contributed by atoms with Crippen LogP contribution in [-0.4, -0.2) is 14.2 Å². The highest BCUT2D eigenvalue weighted by molar-refractivity contribution is 5.43. The van der Waals surface area contributed by atoms with Crippen molar-refractivity contribution in [3.63, 3.8) is 0 Å². The zero-order chi connectivity index (χ0) is 12.1. The molecule has 0 aromatic heterocycles. The SMILES string of the molecule is COc1cc(OC)cc(Oc2ccccc2)c1. The van der Waals surface area contributed by atoms with E-state index in [2.05, 4.69) is 0 Å². The van der Waals surface area contributed by atoms with Gasteiger partial charge in [-0.1, -0.05) is 18.2 Å². The Morgan fingerprint density at radius 3 is 1.71 bits per heavy atom. The van der Waals surface area contributed by atoms with Crippen molar-refractivity contribution in [1.82, 2.24) is 0 Å². The summed E-state index contributed by atoms with van der Waals surface area (Å²) in [5.41, 5.74) is 0. The Labute approximate surface area is 101 Å². The van der Waals surface area contributed by atoms with Crippen LogP contribution in [-0.2, 0) is 0 Å². The van der Waals surface area contributed by atoms with Crippen LogP contribution in [0.1, 0.15) is 0 Å². The van der Waals surface area contributed by atoms with Crippen molar-refractivity contribution >= 4 is 0 Å². The lowest BCUT2D eigenvalue weighted by molar-refractivity contribution is 0.386. The highest BCUT2D eigenvalue weighted by atomic mass is 16.5. The first kappa shape index (κ1) is 11.3. The van der Waals surface area contributed by atoms with E-state index in [9.17, 15) is 0 Å². The van der Waals surface area contributed by atoms with Gasteiger partial charge in [0.15, 0.2) is 0 Å². The summed E-state index contributed by atoms with van der Waals surface area (Å²) in [6, 6.07) is 15.0. The first-order valence-electron chi connectivity index (χ1n) is 5.28. The van der Waals surface area contributed by atoms with E-state index in [1.165, 1.54) is 0 Å². The summed E-state index contributed by atoms with van der Waals surface area (Å²) in [6.45, 7) is 0. The lowest BCUT2D eigenvalue weighted by Crippen LogP contribution is -1.90. The molecule has 0 saturated heterocycles. The van der Waals surface area contributed by atoms with E-state index in [1.807, 2.05) is 42.5 Å². The third kappa shape index (κ3) is 2.91. The van der Waals surface area contributed by atoms with Crippen LogP contribution in [0.25, 0.3) is 0 Å². The molecule has 2 aromatic carbocycles. The van der Waals surface area contributed by atoms with Gasteiger partial charge in [0.2, 0.25) is 0 Å². The van der Waals surface area contributed by atoms with Crippen molar-refractivity contribution in [3.8, 4) is 23.0 Å². The first-order valence-corrected chi connectivity index (χ1v) is 5.28. The molecule has 0 radical (unpaired) electrons. The third-order valence-corrected chi connectivity index (χ3v) is 2.30. The molecule has 0 fully saturated rings. The maximum atomic E-state index is 5.70. The summed E-state index contributed by atoms with van der Waals surface area (Å²) in [5.74, 6) is 2.88. The Balaban J connectivity index is 2.26. The van der Waals surface area contributed by atoms with Gasteiger partial charge in [0, 0.05) is 18.2 Å². The second-order valence-corrected chi connectivity index (χ2v) is 3.46. The molecular weight excluding hydrogens is 216 g/mol. The molecule has 0 saturated carbocycles. The summed E-state index contributed by atoms with van der Waals surface area (Å²) in [6.07, 6.45) is 0. The first-order chi connectivity index (χ1) is 8.31. The van der Waals surface area contributed by atoms with Gasteiger partial charge in [-0.3, -0.25) is 0 Å². The lowest BCUT2D eigenvalue weighted by Gasteiger charge is -2.09. The van der Waals surface area contributed by atoms with E-state index in [0.29, 0.717) is 17.2 Å². The van der Waals surface area contributed by atoms with Gasteiger partial charge in [0.05, 0.1) is 14.2 Å². The molecule has 0 spiro atoms.